The Hall–Kier alpha value is -3.48. The fraction of sp³-hybridized carbons (Fsp3) is 0.333. The third-order valence-electron chi connectivity index (χ3n) is 6.31. The minimum atomic E-state index is -0.847. The molecule has 1 amide bonds. The first-order valence-corrected chi connectivity index (χ1v) is 10.4. The molecule has 31 heavy (non-hydrogen) atoms. The maximum atomic E-state index is 12.8. The van der Waals surface area contributed by atoms with E-state index < -0.39 is 11.7 Å². The van der Waals surface area contributed by atoms with Crippen LogP contribution in [0.5, 0.6) is 11.5 Å². The predicted octanol–water partition coefficient (Wildman–Crippen LogP) is 4.52. The van der Waals surface area contributed by atoms with Crippen molar-refractivity contribution in [1.82, 2.24) is 4.90 Å². The van der Waals surface area contributed by atoms with Crippen molar-refractivity contribution >= 4 is 17.1 Å². The van der Waals surface area contributed by atoms with Crippen molar-refractivity contribution in [2.24, 2.45) is 0 Å². The first-order chi connectivity index (χ1) is 15.0. The molecule has 3 heterocycles. The molecule has 7 nitrogen and oxygen atoms in total. The van der Waals surface area contributed by atoms with Crippen LogP contribution in [0.3, 0.4) is 0 Å². The van der Waals surface area contributed by atoms with E-state index in [1.165, 1.54) is 7.11 Å². The second-order valence-corrected chi connectivity index (χ2v) is 8.11. The summed E-state index contributed by atoms with van der Waals surface area (Å²) in [6, 6.07) is 14.7. The normalized spacial score (nSPS) is 22.5. The number of rotatable bonds is 4. The van der Waals surface area contributed by atoms with E-state index in [0.29, 0.717) is 40.9 Å². The molecule has 2 aromatic carbocycles. The van der Waals surface area contributed by atoms with Crippen LogP contribution in [-0.2, 0) is 0 Å². The highest BCUT2D eigenvalue weighted by molar-refractivity contribution is 5.91. The van der Waals surface area contributed by atoms with Crippen molar-refractivity contribution in [3.8, 4) is 22.6 Å². The lowest BCUT2D eigenvalue weighted by molar-refractivity contribution is 0.0496. The number of fused-ring (bicyclic) bond motifs is 3. The summed E-state index contributed by atoms with van der Waals surface area (Å²) in [4.78, 5) is 25.8. The van der Waals surface area contributed by atoms with E-state index in [4.69, 9.17) is 13.9 Å². The van der Waals surface area contributed by atoms with Crippen molar-refractivity contribution in [3.63, 3.8) is 0 Å². The van der Waals surface area contributed by atoms with Crippen molar-refractivity contribution in [2.45, 2.75) is 43.9 Å². The van der Waals surface area contributed by atoms with E-state index in [0.717, 1.165) is 18.4 Å². The molecule has 2 aliphatic rings. The van der Waals surface area contributed by atoms with E-state index >= 15 is 0 Å². The molecule has 0 spiro atoms. The highest BCUT2D eigenvalue weighted by atomic mass is 16.5. The van der Waals surface area contributed by atoms with Crippen molar-refractivity contribution in [1.29, 1.82) is 0 Å². The van der Waals surface area contributed by atoms with Gasteiger partial charge in [0.25, 0.3) is 0 Å². The van der Waals surface area contributed by atoms with Gasteiger partial charge in [0.05, 0.1) is 12.5 Å². The molecule has 5 rings (SSSR count). The van der Waals surface area contributed by atoms with Gasteiger partial charge in [-0.1, -0.05) is 30.3 Å². The second kappa shape index (κ2) is 7.65. The minimum Gasteiger partial charge on any atom is -0.495 e. The predicted molar refractivity (Wildman–Crippen MR) is 115 cm³/mol. The smallest absolute Gasteiger partial charge is 0.407 e. The van der Waals surface area contributed by atoms with E-state index in [9.17, 15) is 14.7 Å². The standard InChI is InChI=1S/C24H23NO6/c1-29-22-19-10-9-17(30-18-11-15-7-8-16(12-18)25(15)24(27)28)13-20(19)31-23(26)21(22)14-5-3-2-4-6-14/h2-6,9-10,13,15-16,18H,7-8,11-12H2,1H3,(H,27,28)/t15-,16+,18+. The van der Waals surface area contributed by atoms with Gasteiger partial charge in [-0.3, -0.25) is 0 Å². The van der Waals surface area contributed by atoms with Crippen LogP contribution < -0.4 is 15.1 Å². The number of hydrogen-bond donors (Lipinski definition) is 1. The second-order valence-electron chi connectivity index (χ2n) is 8.11. The third-order valence-corrected chi connectivity index (χ3v) is 6.31. The van der Waals surface area contributed by atoms with Crippen LogP contribution in [0.2, 0.25) is 0 Å². The molecule has 160 valence electrons. The highest BCUT2D eigenvalue weighted by Gasteiger charge is 2.44. The van der Waals surface area contributed by atoms with Gasteiger partial charge in [0, 0.05) is 31.0 Å². The van der Waals surface area contributed by atoms with Gasteiger partial charge in [0.2, 0.25) is 0 Å². The molecule has 0 saturated carbocycles. The number of hydrogen-bond acceptors (Lipinski definition) is 5. The van der Waals surface area contributed by atoms with E-state index in [1.807, 2.05) is 42.5 Å². The third kappa shape index (κ3) is 3.40. The number of methoxy groups -OCH3 is 1. The summed E-state index contributed by atoms with van der Waals surface area (Å²) in [5.74, 6) is 1.06. The number of benzene rings is 2. The Kier molecular flexibility index (Phi) is 4.81. The molecule has 2 bridgehead atoms. The molecule has 0 unspecified atom stereocenters. The molecule has 7 heteroatoms. The van der Waals surface area contributed by atoms with Gasteiger partial charge < -0.3 is 23.9 Å². The Labute approximate surface area is 178 Å². The van der Waals surface area contributed by atoms with E-state index in [-0.39, 0.29) is 18.2 Å². The zero-order valence-corrected chi connectivity index (χ0v) is 17.1. The van der Waals surface area contributed by atoms with Crippen LogP contribution in [0.1, 0.15) is 25.7 Å². The number of amides is 1. The molecule has 0 radical (unpaired) electrons. The lowest BCUT2D eigenvalue weighted by atomic mass is 10.00. The van der Waals surface area contributed by atoms with Gasteiger partial charge >= 0.3 is 11.7 Å². The van der Waals surface area contributed by atoms with E-state index in [2.05, 4.69) is 0 Å². The average molecular weight is 421 g/mol. The monoisotopic (exact) mass is 421 g/mol. The van der Waals surface area contributed by atoms with E-state index in [1.54, 1.807) is 11.0 Å². The molecule has 2 saturated heterocycles. The maximum Gasteiger partial charge on any atom is 0.407 e. The molecule has 3 aromatic rings. The summed E-state index contributed by atoms with van der Waals surface area (Å²) in [6.45, 7) is 0. The Morgan fingerprint density at radius 3 is 2.45 bits per heavy atom. The summed E-state index contributed by atoms with van der Waals surface area (Å²) in [6.07, 6.45) is 2.18. The van der Waals surface area contributed by atoms with Crippen molar-refractivity contribution in [2.75, 3.05) is 7.11 Å². The van der Waals surface area contributed by atoms with Crippen LogP contribution in [0.4, 0.5) is 4.79 Å². The number of nitrogens with zero attached hydrogens (tertiary/aromatic N) is 1. The Balaban J connectivity index is 1.45. The molecule has 1 aromatic heterocycles. The average Bonchev–Trinajstić information content (AvgIpc) is 3.04. The van der Waals surface area contributed by atoms with Gasteiger partial charge in [-0.2, -0.15) is 0 Å². The fourth-order valence-electron chi connectivity index (χ4n) is 5.02. The number of carboxylic acid groups (broad SMARTS) is 1. The molecular weight excluding hydrogens is 398 g/mol. The number of piperidine rings is 1. The lowest BCUT2D eigenvalue weighted by Gasteiger charge is -2.37. The molecular formula is C24H23NO6. The first-order valence-electron chi connectivity index (χ1n) is 10.4. The van der Waals surface area contributed by atoms with Crippen LogP contribution in [0.25, 0.3) is 22.1 Å². The first kappa shape index (κ1) is 19.5. The molecule has 1 N–H and O–H groups in total. The summed E-state index contributed by atoms with van der Waals surface area (Å²) in [5, 5.41) is 10.1. The topological polar surface area (TPSA) is 89.2 Å². The zero-order valence-electron chi connectivity index (χ0n) is 17.1. The summed E-state index contributed by atoms with van der Waals surface area (Å²) < 4.78 is 17.4. The quantitative estimate of drug-likeness (QED) is 0.623. The largest absolute Gasteiger partial charge is 0.495 e. The zero-order chi connectivity index (χ0) is 21.5. The van der Waals surface area contributed by atoms with Gasteiger partial charge in [-0.25, -0.2) is 9.59 Å². The van der Waals surface area contributed by atoms with Crippen LogP contribution >= 0.6 is 0 Å². The Morgan fingerprint density at radius 2 is 1.81 bits per heavy atom. The van der Waals surface area contributed by atoms with Crippen LogP contribution in [0, 0.1) is 0 Å². The summed E-state index contributed by atoms with van der Waals surface area (Å²) in [5.41, 5.74) is 1.04. The SMILES string of the molecule is COc1c(-c2ccccc2)c(=O)oc2cc(O[C@H]3C[C@H]4CC[C@@H](C3)N4C(=O)O)ccc12. The summed E-state index contributed by atoms with van der Waals surface area (Å²) >= 11 is 0. The van der Waals surface area contributed by atoms with Gasteiger partial charge in [0.1, 0.15) is 28.7 Å². The lowest BCUT2D eigenvalue weighted by Crippen LogP contribution is -2.48. The minimum absolute atomic E-state index is 0.00756. The Bertz CT molecular complexity index is 1170. The van der Waals surface area contributed by atoms with Crippen LogP contribution in [-0.4, -0.2) is 41.4 Å². The number of ether oxygens (including phenoxy) is 2. The summed E-state index contributed by atoms with van der Waals surface area (Å²) in [7, 11) is 1.54. The Morgan fingerprint density at radius 1 is 1.10 bits per heavy atom. The maximum absolute atomic E-state index is 12.8. The molecule has 2 aliphatic heterocycles. The van der Waals surface area contributed by atoms with Gasteiger partial charge in [-0.05, 0) is 30.5 Å². The molecule has 2 fully saturated rings. The highest BCUT2D eigenvalue weighted by Crippen LogP contribution is 2.39. The van der Waals surface area contributed by atoms with Gasteiger partial charge in [0.15, 0.2) is 0 Å². The molecule has 3 atom stereocenters. The van der Waals surface area contributed by atoms with Gasteiger partial charge in [-0.15, -0.1) is 0 Å². The van der Waals surface area contributed by atoms with Crippen LogP contribution in [0.15, 0.2) is 57.7 Å². The number of carbonyl (C=O) groups is 1. The van der Waals surface area contributed by atoms with Crippen molar-refractivity contribution in [3.05, 3.63) is 59.0 Å². The van der Waals surface area contributed by atoms with Crippen molar-refractivity contribution < 1.29 is 23.8 Å². The molecule has 0 aliphatic carbocycles. The fourth-order valence-corrected chi connectivity index (χ4v) is 5.02.